The molecule has 2 heterocycles. The highest BCUT2D eigenvalue weighted by Gasteiger charge is 2.05. The minimum Gasteiger partial charge on any atom is -0.294 e. The third-order valence-electron chi connectivity index (χ3n) is 1.65. The molecular weight excluding hydrogens is 283 g/mol. The summed E-state index contributed by atoms with van der Waals surface area (Å²) in [5.41, 5.74) is 1.18. The summed E-state index contributed by atoms with van der Waals surface area (Å²) < 4.78 is 3.17. The summed E-state index contributed by atoms with van der Waals surface area (Å²) in [4.78, 5) is 4.42. The van der Waals surface area contributed by atoms with Gasteiger partial charge >= 0.3 is 0 Å². The van der Waals surface area contributed by atoms with Crippen LogP contribution >= 0.6 is 34.4 Å². The van der Waals surface area contributed by atoms with Crippen molar-refractivity contribution in [1.29, 1.82) is 0 Å². The first-order chi connectivity index (χ1) is 5.83. The molecular formula is C8H7IN2S. The fourth-order valence-electron chi connectivity index (χ4n) is 1.12. The predicted octanol–water partition coefficient (Wildman–Crippen LogP) is 2.66. The van der Waals surface area contributed by atoms with Crippen LogP contribution in [0.2, 0.25) is 0 Å². The van der Waals surface area contributed by atoms with Gasteiger partial charge in [0.05, 0.1) is 5.52 Å². The van der Waals surface area contributed by atoms with Gasteiger partial charge in [-0.3, -0.25) is 4.40 Å². The van der Waals surface area contributed by atoms with E-state index in [1.165, 1.54) is 5.52 Å². The normalized spacial score (nSPS) is 10.8. The maximum atomic E-state index is 4.42. The lowest BCUT2D eigenvalue weighted by molar-refractivity contribution is 0.957. The second-order valence-electron chi connectivity index (χ2n) is 2.35. The lowest BCUT2D eigenvalue weighted by atomic mass is 10.4. The molecule has 0 unspecified atom stereocenters. The van der Waals surface area contributed by atoms with Crippen molar-refractivity contribution in [2.75, 3.05) is 6.26 Å². The van der Waals surface area contributed by atoms with Gasteiger partial charge in [-0.05, 0) is 41.0 Å². The smallest absolute Gasteiger partial charge is 0.173 e. The summed E-state index contributed by atoms with van der Waals surface area (Å²) in [5, 5.41) is 1.05. The fourth-order valence-corrected chi connectivity index (χ4v) is 2.49. The van der Waals surface area contributed by atoms with Crippen molar-refractivity contribution in [3.8, 4) is 0 Å². The zero-order valence-corrected chi connectivity index (χ0v) is 9.46. The van der Waals surface area contributed by atoms with Crippen LogP contribution in [0.15, 0.2) is 29.6 Å². The standard InChI is InChI=1S/C8H7IN2S/c1-12-8-10-7(9)6-4-2-3-5-11(6)8/h2-5H,1H3. The molecule has 0 aliphatic rings. The van der Waals surface area contributed by atoms with Gasteiger partial charge < -0.3 is 0 Å². The molecule has 62 valence electrons. The van der Waals surface area contributed by atoms with Gasteiger partial charge in [0.15, 0.2) is 5.16 Å². The number of nitrogens with zero attached hydrogens (tertiary/aromatic N) is 2. The molecule has 0 fully saturated rings. The number of thioether (sulfide) groups is 1. The average Bonchev–Trinajstić information content (AvgIpc) is 2.44. The average molecular weight is 290 g/mol. The van der Waals surface area contributed by atoms with E-state index in [1.54, 1.807) is 11.8 Å². The van der Waals surface area contributed by atoms with Gasteiger partial charge in [-0.15, -0.1) is 0 Å². The lowest BCUT2D eigenvalue weighted by Gasteiger charge is -1.94. The van der Waals surface area contributed by atoms with Gasteiger partial charge in [0.2, 0.25) is 0 Å². The van der Waals surface area contributed by atoms with E-state index in [-0.39, 0.29) is 0 Å². The Morgan fingerprint density at radius 2 is 2.33 bits per heavy atom. The molecule has 2 nitrogen and oxygen atoms in total. The highest BCUT2D eigenvalue weighted by Crippen LogP contribution is 2.20. The van der Waals surface area contributed by atoms with Crippen molar-refractivity contribution in [2.24, 2.45) is 0 Å². The van der Waals surface area contributed by atoms with E-state index in [9.17, 15) is 0 Å². The van der Waals surface area contributed by atoms with Gasteiger partial charge in [0.1, 0.15) is 3.70 Å². The van der Waals surface area contributed by atoms with Crippen LogP contribution in [0.25, 0.3) is 5.52 Å². The lowest BCUT2D eigenvalue weighted by Crippen LogP contribution is -1.83. The van der Waals surface area contributed by atoms with Crippen LogP contribution in [0, 0.1) is 3.70 Å². The largest absolute Gasteiger partial charge is 0.294 e. The summed E-state index contributed by atoms with van der Waals surface area (Å²) in [7, 11) is 0. The summed E-state index contributed by atoms with van der Waals surface area (Å²) in [6.45, 7) is 0. The van der Waals surface area contributed by atoms with Crippen molar-refractivity contribution >= 4 is 39.9 Å². The summed E-state index contributed by atoms with van der Waals surface area (Å²) >= 11 is 3.92. The fraction of sp³-hybridized carbons (Fsp3) is 0.125. The molecule has 4 heteroatoms. The number of rotatable bonds is 1. The summed E-state index contributed by atoms with van der Waals surface area (Å²) in [5.74, 6) is 0. The molecule has 0 radical (unpaired) electrons. The van der Waals surface area contributed by atoms with Gasteiger partial charge in [0, 0.05) is 6.20 Å². The summed E-state index contributed by atoms with van der Waals surface area (Å²) in [6.07, 6.45) is 4.08. The van der Waals surface area contributed by atoms with Crippen molar-refractivity contribution in [3.63, 3.8) is 0 Å². The molecule has 2 rings (SSSR count). The number of hydrogen-bond acceptors (Lipinski definition) is 2. The van der Waals surface area contributed by atoms with E-state index in [4.69, 9.17) is 0 Å². The third-order valence-corrected chi connectivity index (χ3v) is 3.10. The Morgan fingerprint density at radius 1 is 1.50 bits per heavy atom. The number of pyridine rings is 1. The van der Waals surface area contributed by atoms with Crippen LogP contribution in [0.4, 0.5) is 0 Å². The number of aromatic nitrogens is 2. The van der Waals surface area contributed by atoms with E-state index in [0.717, 1.165) is 8.86 Å². The van der Waals surface area contributed by atoms with Gasteiger partial charge in [-0.25, -0.2) is 4.98 Å². The molecule has 0 saturated heterocycles. The zero-order chi connectivity index (χ0) is 8.55. The zero-order valence-electron chi connectivity index (χ0n) is 6.49. The number of fused-ring (bicyclic) bond motifs is 1. The molecule has 0 aliphatic heterocycles. The van der Waals surface area contributed by atoms with Crippen LogP contribution in [-0.4, -0.2) is 15.6 Å². The molecule has 0 aromatic carbocycles. The number of imidazole rings is 1. The monoisotopic (exact) mass is 290 g/mol. The Balaban J connectivity index is 2.82. The van der Waals surface area contributed by atoms with Crippen molar-refractivity contribution in [1.82, 2.24) is 9.38 Å². The molecule has 2 aromatic rings. The molecule has 12 heavy (non-hydrogen) atoms. The van der Waals surface area contributed by atoms with Crippen LogP contribution in [-0.2, 0) is 0 Å². The number of hydrogen-bond donors (Lipinski definition) is 0. The minimum atomic E-state index is 1.05. The topological polar surface area (TPSA) is 17.3 Å². The predicted molar refractivity (Wildman–Crippen MR) is 59.7 cm³/mol. The Kier molecular flexibility index (Phi) is 2.27. The van der Waals surface area contributed by atoms with Crippen LogP contribution in [0.3, 0.4) is 0 Å². The van der Waals surface area contributed by atoms with Crippen molar-refractivity contribution in [2.45, 2.75) is 5.16 Å². The van der Waals surface area contributed by atoms with Crippen LogP contribution in [0.1, 0.15) is 0 Å². The molecule has 2 aromatic heterocycles. The van der Waals surface area contributed by atoms with Gasteiger partial charge in [0.25, 0.3) is 0 Å². The first-order valence-electron chi connectivity index (χ1n) is 3.49. The molecule has 0 aliphatic carbocycles. The molecule has 0 N–H and O–H groups in total. The Labute approximate surface area is 88.5 Å². The SMILES string of the molecule is CSc1nc(I)c2ccccn12. The first-order valence-corrected chi connectivity index (χ1v) is 5.80. The second-order valence-corrected chi connectivity index (χ2v) is 4.14. The molecule has 0 saturated carbocycles. The Morgan fingerprint density at radius 3 is 3.08 bits per heavy atom. The quantitative estimate of drug-likeness (QED) is 0.593. The molecule has 0 amide bonds. The first kappa shape index (κ1) is 8.37. The summed E-state index contributed by atoms with van der Waals surface area (Å²) in [6, 6.07) is 6.13. The Hall–Kier alpha value is -0.230. The Bertz CT molecular complexity index is 410. The third kappa shape index (κ3) is 1.22. The maximum Gasteiger partial charge on any atom is 0.173 e. The van der Waals surface area contributed by atoms with E-state index < -0.39 is 0 Å². The van der Waals surface area contributed by atoms with Crippen LogP contribution < -0.4 is 0 Å². The maximum absolute atomic E-state index is 4.42. The molecule has 0 atom stereocenters. The van der Waals surface area contributed by atoms with Gasteiger partial charge in [-0.2, -0.15) is 0 Å². The van der Waals surface area contributed by atoms with Crippen molar-refractivity contribution in [3.05, 3.63) is 28.1 Å². The molecule has 0 bridgehead atoms. The molecule has 0 spiro atoms. The van der Waals surface area contributed by atoms with E-state index in [2.05, 4.69) is 38.0 Å². The second kappa shape index (κ2) is 3.26. The van der Waals surface area contributed by atoms with Gasteiger partial charge in [-0.1, -0.05) is 17.8 Å². The van der Waals surface area contributed by atoms with E-state index >= 15 is 0 Å². The van der Waals surface area contributed by atoms with Crippen molar-refractivity contribution < 1.29 is 0 Å². The van der Waals surface area contributed by atoms with Crippen LogP contribution in [0.5, 0.6) is 0 Å². The van der Waals surface area contributed by atoms with E-state index in [1.807, 2.05) is 24.6 Å². The number of halogens is 1. The highest BCUT2D eigenvalue weighted by molar-refractivity contribution is 14.1. The highest BCUT2D eigenvalue weighted by atomic mass is 127. The minimum absolute atomic E-state index is 1.05. The van der Waals surface area contributed by atoms with E-state index in [0.29, 0.717) is 0 Å².